The number of pyridine rings is 3. The Morgan fingerprint density at radius 2 is 1.95 bits per heavy atom. The molecule has 5 aromatic heterocycles. The molecule has 10 nitrogen and oxygen atoms in total. The maximum Gasteiger partial charge on any atom is 0.178 e. The molecule has 0 radical (unpaired) electrons. The van der Waals surface area contributed by atoms with Gasteiger partial charge in [0, 0.05) is 35.0 Å². The summed E-state index contributed by atoms with van der Waals surface area (Å²) in [5, 5.41) is 31.5. The number of unbranched alkanes of at least 4 members (excludes halogenated alkanes) is 1. The highest BCUT2D eigenvalue weighted by Crippen LogP contribution is 2.33. The van der Waals surface area contributed by atoms with E-state index in [1.165, 1.54) is 12.1 Å². The Kier molecular flexibility index (Phi) is 6.33. The molecule has 0 spiro atoms. The van der Waals surface area contributed by atoms with Gasteiger partial charge in [-0.1, -0.05) is 13.3 Å². The molecule has 0 fully saturated rings. The number of aliphatic hydroxyl groups is 1. The van der Waals surface area contributed by atoms with Gasteiger partial charge in [0.1, 0.15) is 23.5 Å². The van der Waals surface area contributed by atoms with Gasteiger partial charge in [-0.15, -0.1) is 0 Å². The van der Waals surface area contributed by atoms with Crippen LogP contribution in [-0.2, 0) is 0 Å². The van der Waals surface area contributed by atoms with Crippen LogP contribution in [0.3, 0.4) is 0 Å². The molecule has 0 aliphatic rings. The van der Waals surface area contributed by atoms with Crippen LogP contribution in [0, 0.1) is 5.82 Å². The Hall–Kier alpha value is -4.90. The lowest BCUT2D eigenvalue weighted by Gasteiger charge is -2.14. The van der Waals surface area contributed by atoms with Crippen molar-refractivity contribution in [1.29, 1.82) is 0 Å². The van der Waals surface area contributed by atoms with Gasteiger partial charge in [-0.05, 0) is 48.7 Å². The third-order valence-corrected chi connectivity index (χ3v) is 6.46. The molecule has 0 aliphatic heterocycles. The summed E-state index contributed by atoms with van der Waals surface area (Å²) in [6, 6.07) is 9.40. The number of aromatic nitrogens is 7. The van der Waals surface area contributed by atoms with Crippen LogP contribution in [0.4, 0.5) is 10.1 Å². The molecule has 0 amide bonds. The zero-order chi connectivity index (χ0) is 26.9. The number of fused-ring (bicyclic) bond motifs is 2. The van der Waals surface area contributed by atoms with Gasteiger partial charge in [-0.2, -0.15) is 5.10 Å². The smallest absolute Gasteiger partial charge is 0.178 e. The number of hydrogen-bond donors (Lipinski definition) is 5. The molecule has 0 bridgehead atoms. The van der Waals surface area contributed by atoms with Crippen molar-refractivity contribution < 1.29 is 14.6 Å². The molecule has 5 N–H and O–H groups in total. The van der Waals surface area contributed by atoms with Gasteiger partial charge in [-0.25, -0.2) is 14.4 Å². The van der Waals surface area contributed by atoms with Crippen molar-refractivity contribution >= 4 is 27.8 Å². The number of anilines is 1. The van der Waals surface area contributed by atoms with E-state index in [1.54, 1.807) is 30.9 Å². The van der Waals surface area contributed by atoms with Gasteiger partial charge in [0.25, 0.3) is 0 Å². The SMILES string of the molecule is CCCCC(O)Nc1cncc(-c2cc3c(-c4nc5nccc(-c6cc(O)cc(F)c6)c5[nH]4)n[nH]c3cn2)c1. The molecule has 0 saturated heterocycles. The van der Waals surface area contributed by atoms with E-state index in [2.05, 4.69) is 47.4 Å². The number of imidazole rings is 1. The Morgan fingerprint density at radius 3 is 2.79 bits per heavy atom. The molecule has 1 unspecified atom stereocenters. The van der Waals surface area contributed by atoms with E-state index in [9.17, 15) is 14.6 Å². The van der Waals surface area contributed by atoms with Gasteiger partial charge < -0.3 is 20.5 Å². The summed E-state index contributed by atoms with van der Waals surface area (Å²) in [6.45, 7) is 2.08. The third kappa shape index (κ3) is 4.87. The first kappa shape index (κ1) is 24.4. The highest BCUT2D eigenvalue weighted by atomic mass is 19.1. The Morgan fingerprint density at radius 1 is 1.05 bits per heavy atom. The second-order valence-corrected chi connectivity index (χ2v) is 9.29. The van der Waals surface area contributed by atoms with Gasteiger partial charge in [0.2, 0.25) is 0 Å². The van der Waals surface area contributed by atoms with Gasteiger partial charge in [0.05, 0.1) is 34.8 Å². The van der Waals surface area contributed by atoms with Gasteiger partial charge in [-0.3, -0.25) is 15.1 Å². The lowest BCUT2D eigenvalue weighted by atomic mass is 10.1. The zero-order valence-electron chi connectivity index (χ0n) is 21.0. The first-order valence-electron chi connectivity index (χ1n) is 12.6. The largest absolute Gasteiger partial charge is 0.508 e. The molecule has 1 aromatic carbocycles. The van der Waals surface area contributed by atoms with Crippen LogP contribution in [-0.4, -0.2) is 51.6 Å². The van der Waals surface area contributed by atoms with E-state index in [1.807, 2.05) is 12.1 Å². The average Bonchev–Trinajstić information content (AvgIpc) is 3.55. The second kappa shape index (κ2) is 10.1. The number of phenolic OH excluding ortho intramolecular Hbond substituents is 1. The van der Waals surface area contributed by atoms with E-state index in [0.717, 1.165) is 35.4 Å². The minimum Gasteiger partial charge on any atom is -0.508 e. The Balaban J connectivity index is 1.37. The molecule has 11 heteroatoms. The van der Waals surface area contributed by atoms with E-state index in [-0.39, 0.29) is 5.75 Å². The minimum atomic E-state index is -0.652. The zero-order valence-corrected chi connectivity index (χ0v) is 21.0. The summed E-state index contributed by atoms with van der Waals surface area (Å²) in [6.07, 6.45) is 8.58. The summed E-state index contributed by atoms with van der Waals surface area (Å²) < 4.78 is 14.0. The van der Waals surface area contributed by atoms with Crippen molar-refractivity contribution in [3.05, 3.63) is 67.0 Å². The van der Waals surface area contributed by atoms with Crippen LogP contribution in [0.1, 0.15) is 26.2 Å². The van der Waals surface area contributed by atoms with Crippen LogP contribution in [0.15, 0.2) is 61.2 Å². The van der Waals surface area contributed by atoms with Crippen molar-refractivity contribution in [2.45, 2.75) is 32.4 Å². The van der Waals surface area contributed by atoms with Crippen molar-refractivity contribution in [1.82, 2.24) is 35.1 Å². The monoisotopic (exact) mass is 524 g/mol. The summed E-state index contributed by atoms with van der Waals surface area (Å²) in [5.74, 6) is -0.240. The average molecular weight is 525 g/mol. The molecule has 6 aromatic rings. The van der Waals surface area contributed by atoms with Crippen molar-refractivity contribution in [3.8, 4) is 39.7 Å². The summed E-state index contributed by atoms with van der Waals surface area (Å²) in [5.41, 5.74) is 5.59. The maximum absolute atomic E-state index is 14.0. The number of rotatable bonds is 8. The molecular weight excluding hydrogens is 499 g/mol. The van der Waals surface area contributed by atoms with Gasteiger partial charge in [0.15, 0.2) is 11.5 Å². The van der Waals surface area contributed by atoms with Crippen LogP contribution in [0.25, 0.3) is 56.0 Å². The van der Waals surface area contributed by atoms with E-state index in [4.69, 9.17) is 0 Å². The normalized spacial score (nSPS) is 12.3. The lowest BCUT2D eigenvalue weighted by Crippen LogP contribution is -2.18. The van der Waals surface area contributed by atoms with E-state index < -0.39 is 12.0 Å². The van der Waals surface area contributed by atoms with Crippen LogP contribution in [0.5, 0.6) is 5.75 Å². The lowest BCUT2D eigenvalue weighted by molar-refractivity contribution is 0.190. The fraction of sp³-hybridized carbons (Fsp3) is 0.179. The molecule has 5 heterocycles. The standard InChI is InChI=1S/C28H25FN8O2/c1-2-3-4-24(39)33-18-8-16(12-30-13-18)22-11-21-23(14-32-22)36-37-26(21)28-34-25-20(5-6-31-27(25)35-28)15-7-17(29)10-19(38)9-15/h5-14,24,33,38-39H,2-4H2,1H3,(H,36,37)(H,31,34,35). The Labute approximate surface area is 222 Å². The molecule has 196 valence electrons. The summed E-state index contributed by atoms with van der Waals surface area (Å²) >= 11 is 0. The van der Waals surface area contributed by atoms with Crippen LogP contribution >= 0.6 is 0 Å². The number of phenols is 1. The van der Waals surface area contributed by atoms with E-state index >= 15 is 0 Å². The summed E-state index contributed by atoms with van der Waals surface area (Å²) in [4.78, 5) is 21.1. The number of nitrogens with zero attached hydrogens (tertiary/aromatic N) is 5. The second-order valence-electron chi connectivity index (χ2n) is 9.29. The maximum atomic E-state index is 14.0. The number of hydrogen-bond acceptors (Lipinski definition) is 8. The quantitative estimate of drug-likeness (QED) is 0.166. The van der Waals surface area contributed by atoms with Gasteiger partial charge >= 0.3 is 0 Å². The highest BCUT2D eigenvalue weighted by molar-refractivity contribution is 5.96. The molecule has 6 rings (SSSR count). The molecular formula is C28H25FN8O2. The number of halogens is 1. The van der Waals surface area contributed by atoms with Crippen molar-refractivity contribution in [3.63, 3.8) is 0 Å². The fourth-order valence-electron chi connectivity index (χ4n) is 4.57. The van der Waals surface area contributed by atoms with Crippen LogP contribution < -0.4 is 5.32 Å². The molecule has 0 aliphatic carbocycles. The first-order valence-corrected chi connectivity index (χ1v) is 12.6. The predicted octanol–water partition coefficient (Wildman–Crippen LogP) is 5.39. The molecule has 39 heavy (non-hydrogen) atoms. The minimum absolute atomic E-state index is 0.169. The van der Waals surface area contributed by atoms with Crippen molar-refractivity contribution in [2.24, 2.45) is 0 Å². The number of H-pyrrole nitrogens is 2. The number of aromatic hydroxyl groups is 1. The number of benzene rings is 1. The predicted molar refractivity (Wildman–Crippen MR) is 146 cm³/mol. The number of aliphatic hydroxyl groups excluding tert-OH is 1. The van der Waals surface area contributed by atoms with Crippen LogP contribution in [0.2, 0.25) is 0 Å². The fourth-order valence-corrected chi connectivity index (χ4v) is 4.57. The first-order chi connectivity index (χ1) is 19.0. The topological polar surface area (TPSA) is 149 Å². The molecule has 1 atom stereocenters. The Bertz CT molecular complexity index is 1780. The van der Waals surface area contributed by atoms with E-state index in [0.29, 0.717) is 51.6 Å². The molecule has 0 saturated carbocycles. The number of nitrogens with one attached hydrogen (secondary N) is 3. The third-order valence-electron chi connectivity index (χ3n) is 6.46. The van der Waals surface area contributed by atoms with Crippen molar-refractivity contribution in [2.75, 3.05) is 5.32 Å². The number of aromatic amines is 2. The summed E-state index contributed by atoms with van der Waals surface area (Å²) in [7, 11) is 0. The highest BCUT2D eigenvalue weighted by Gasteiger charge is 2.17.